The maximum absolute atomic E-state index is 13.4. The lowest BCUT2D eigenvalue weighted by atomic mass is 9.86. The first-order chi connectivity index (χ1) is 16.9. The van der Waals surface area contributed by atoms with Crippen LogP contribution in [0, 0.1) is 12.8 Å². The molecule has 10 heteroatoms. The molecule has 3 saturated heterocycles. The number of aryl methyl sites for hydroxylation is 1. The van der Waals surface area contributed by atoms with Gasteiger partial charge in [0, 0.05) is 36.4 Å². The SMILES string of the molecule is C=CC(=O)N1CCC[C@@H](NC(=O)C2=C3NC(=O)N(c4ccc(OC)cc4C)C4CCNC(S2)C34)C1. The summed E-state index contributed by atoms with van der Waals surface area (Å²) in [6.07, 6.45) is 3.74. The van der Waals surface area contributed by atoms with Crippen molar-refractivity contribution < 1.29 is 19.1 Å². The smallest absolute Gasteiger partial charge is 0.326 e. The van der Waals surface area contributed by atoms with Crippen molar-refractivity contribution >= 4 is 35.3 Å². The predicted octanol–water partition coefficient (Wildman–Crippen LogP) is 2.09. The minimum Gasteiger partial charge on any atom is -0.497 e. The lowest BCUT2D eigenvalue weighted by molar-refractivity contribution is -0.128. The molecule has 1 aromatic carbocycles. The summed E-state index contributed by atoms with van der Waals surface area (Å²) < 4.78 is 5.33. The van der Waals surface area contributed by atoms with Gasteiger partial charge < -0.3 is 25.6 Å². The number of methoxy groups -OCH3 is 1. The van der Waals surface area contributed by atoms with Crippen LogP contribution in [0.25, 0.3) is 0 Å². The van der Waals surface area contributed by atoms with Crippen molar-refractivity contribution in [3.8, 4) is 5.75 Å². The van der Waals surface area contributed by atoms with E-state index in [1.807, 2.05) is 30.0 Å². The second kappa shape index (κ2) is 9.58. The summed E-state index contributed by atoms with van der Waals surface area (Å²) in [5, 5.41) is 9.70. The molecule has 35 heavy (non-hydrogen) atoms. The van der Waals surface area contributed by atoms with Gasteiger partial charge >= 0.3 is 6.03 Å². The molecule has 0 aliphatic carbocycles. The van der Waals surface area contributed by atoms with Crippen LogP contribution in [0.2, 0.25) is 0 Å². The quantitative estimate of drug-likeness (QED) is 0.539. The number of amides is 4. The number of nitrogens with zero attached hydrogens (tertiary/aromatic N) is 2. The molecule has 3 unspecified atom stereocenters. The van der Waals surface area contributed by atoms with Crippen LogP contribution in [-0.2, 0) is 9.59 Å². The van der Waals surface area contributed by atoms with E-state index in [2.05, 4.69) is 22.5 Å². The first-order valence-electron chi connectivity index (χ1n) is 12.0. The van der Waals surface area contributed by atoms with Crippen molar-refractivity contribution in [1.29, 1.82) is 0 Å². The molecule has 0 bridgehead atoms. The molecule has 4 heterocycles. The second-order valence-corrected chi connectivity index (χ2v) is 10.5. The van der Waals surface area contributed by atoms with Crippen LogP contribution in [-0.4, -0.2) is 66.9 Å². The zero-order valence-corrected chi connectivity index (χ0v) is 20.8. The summed E-state index contributed by atoms with van der Waals surface area (Å²) in [5.74, 6) is 0.428. The molecule has 3 fully saturated rings. The molecule has 4 aliphatic rings. The number of urea groups is 1. The van der Waals surface area contributed by atoms with Gasteiger partial charge in [-0.1, -0.05) is 18.3 Å². The first kappa shape index (κ1) is 23.7. The van der Waals surface area contributed by atoms with E-state index in [-0.39, 0.29) is 41.2 Å². The zero-order valence-electron chi connectivity index (χ0n) is 20.0. The third-order valence-electron chi connectivity index (χ3n) is 7.25. The molecule has 4 atom stereocenters. The molecule has 0 saturated carbocycles. The minimum atomic E-state index is -0.219. The van der Waals surface area contributed by atoms with Crippen molar-refractivity contribution in [3.05, 3.63) is 47.0 Å². The fourth-order valence-electron chi connectivity index (χ4n) is 5.60. The van der Waals surface area contributed by atoms with Crippen molar-refractivity contribution in [1.82, 2.24) is 20.9 Å². The standard InChI is InChI=1S/C25H31N5O4S/c1-4-19(31)29-11-5-6-15(13-29)27-23(32)22-21-20-18(9-10-26-24(20)35-22)30(25(33)28-21)17-8-7-16(34-3)12-14(17)2/h4,7-8,12,15,18,20,24,26H,1,5-6,9-11,13H2,2-3H3,(H,27,32)(H,28,33)/t15-,18?,20?,24?/m1/s1. The van der Waals surface area contributed by atoms with Crippen molar-refractivity contribution in [3.63, 3.8) is 0 Å². The number of nitrogens with one attached hydrogen (secondary N) is 3. The fraction of sp³-hybridized carbons (Fsp3) is 0.480. The van der Waals surface area contributed by atoms with E-state index < -0.39 is 0 Å². The Morgan fingerprint density at radius 2 is 2.14 bits per heavy atom. The average molecular weight is 498 g/mol. The Kier molecular flexibility index (Phi) is 6.50. The Hall–Kier alpha value is -2.98. The summed E-state index contributed by atoms with van der Waals surface area (Å²) in [6.45, 7) is 7.44. The summed E-state index contributed by atoms with van der Waals surface area (Å²) in [5.41, 5.74) is 2.52. The van der Waals surface area contributed by atoms with E-state index in [1.165, 1.54) is 17.8 Å². The van der Waals surface area contributed by atoms with Gasteiger partial charge in [0.2, 0.25) is 5.91 Å². The summed E-state index contributed by atoms with van der Waals surface area (Å²) >= 11 is 1.49. The Morgan fingerprint density at radius 1 is 1.31 bits per heavy atom. The molecular formula is C25H31N5O4S. The number of likely N-dealkylation sites (tertiary alicyclic amines) is 1. The Labute approximate surface area is 209 Å². The van der Waals surface area contributed by atoms with Crippen molar-refractivity contribution in [2.24, 2.45) is 5.92 Å². The molecule has 9 nitrogen and oxygen atoms in total. The van der Waals surface area contributed by atoms with Gasteiger partial charge in [0.05, 0.1) is 23.4 Å². The lowest BCUT2D eigenvalue weighted by Gasteiger charge is -2.46. The number of piperidine rings is 2. The minimum absolute atomic E-state index is 0.0105. The molecule has 0 radical (unpaired) electrons. The van der Waals surface area contributed by atoms with E-state index >= 15 is 0 Å². The maximum Gasteiger partial charge on any atom is 0.326 e. The van der Waals surface area contributed by atoms with Gasteiger partial charge in [-0.05, 0) is 62.6 Å². The topological polar surface area (TPSA) is 103 Å². The molecule has 0 spiro atoms. The first-order valence-corrected chi connectivity index (χ1v) is 12.9. The normalized spacial score (nSPS) is 27.8. The van der Waals surface area contributed by atoms with Gasteiger partial charge in [0.1, 0.15) is 5.75 Å². The molecule has 3 N–H and O–H groups in total. The van der Waals surface area contributed by atoms with Crippen LogP contribution in [0.5, 0.6) is 5.75 Å². The second-order valence-electron chi connectivity index (χ2n) is 9.37. The third kappa shape index (κ3) is 4.29. The number of ether oxygens (including phenoxy) is 1. The van der Waals surface area contributed by atoms with Gasteiger partial charge in [-0.2, -0.15) is 0 Å². The number of anilines is 1. The molecule has 5 rings (SSSR count). The number of hydrogen-bond donors (Lipinski definition) is 3. The van der Waals surface area contributed by atoms with Crippen LogP contribution in [0.4, 0.5) is 10.5 Å². The average Bonchev–Trinajstić information content (AvgIpc) is 3.24. The number of hydrogen-bond acceptors (Lipinski definition) is 6. The molecular weight excluding hydrogens is 466 g/mol. The Morgan fingerprint density at radius 3 is 2.89 bits per heavy atom. The number of rotatable bonds is 5. The summed E-state index contributed by atoms with van der Waals surface area (Å²) in [7, 11) is 1.63. The van der Waals surface area contributed by atoms with Gasteiger partial charge in [0.15, 0.2) is 0 Å². The largest absolute Gasteiger partial charge is 0.497 e. The molecule has 186 valence electrons. The van der Waals surface area contributed by atoms with E-state index in [4.69, 9.17) is 4.74 Å². The monoisotopic (exact) mass is 497 g/mol. The van der Waals surface area contributed by atoms with Gasteiger partial charge in [0.25, 0.3) is 5.91 Å². The number of carbonyl (C=O) groups is 3. The highest BCUT2D eigenvalue weighted by Crippen LogP contribution is 2.48. The number of carbonyl (C=O) groups excluding carboxylic acids is 3. The van der Waals surface area contributed by atoms with Gasteiger partial charge in [-0.3, -0.25) is 14.5 Å². The highest BCUT2D eigenvalue weighted by Gasteiger charge is 2.52. The van der Waals surface area contributed by atoms with Gasteiger partial charge in [-0.25, -0.2) is 4.79 Å². The summed E-state index contributed by atoms with van der Waals surface area (Å²) in [4.78, 5) is 42.9. The van der Waals surface area contributed by atoms with Crippen LogP contribution >= 0.6 is 11.8 Å². The van der Waals surface area contributed by atoms with Crippen LogP contribution in [0.15, 0.2) is 41.5 Å². The Balaban J connectivity index is 1.38. The molecule has 4 aliphatic heterocycles. The molecule has 1 aromatic rings. The van der Waals surface area contributed by atoms with Crippen molar-refractivity contribution in [2.75, 3.05) is 31.6 Å². The lowest BCUT2D eigenvalue weighted by Crippen LogP contribution is -2.62. The highest BCUT2D eigenvalue weighted by molar-refractivity contribution is 8.04. The Bertz CT molecular complexity index is 1110. The number of thioether (sulfide) groups is 1. The van der Waals surface area contributed by atoms with E-state index in [0.29, 0.717) is 23.7 Å². The van der Waals surface area contributed by atoms with E-state index in [1.54, 1.807) is 12.0 Å². The third-order valence-corrected chi connectivity index (χ3v) is 8.61. The maximum atomic E-state index is 13.4. The molecule has 0 aromatic heterocycles. The predicted molar refractivity (Wildman–Crippen MR) is 135 cm³/mol. The molecule has 4 amide bonds. The van der Waals surface area contributed by atoms with E-state index in [0.717, 1.165) is 42.8 Å². The summed E-state index contributed by atoms with van der Waals surface area (Å²) in [6, 6.07) is 5.33. The van der Waals surface area contributed by atoms with Crippen molar-refractivity contribution in [2.45, 2.75) is 43.6 Å². The van der Waals surface area contributed by atoms with Gasteiger partial charge in [-0.15, -0.1) is 0 Å². The number of benzene rings is 1. The van der Waals surface area contributed by atoms with Crippen LogP contribution in [0.1, 0.15) is 24.8 Å². The van der Waals surface area contributed by atoms with Crippen LogP contribution < -0.4 is 25.6 Å². The van der Waals surface area contributed by atoms with Crippen LogP contribution in [0.3, 0.4) is 0 Å². The highest BCUT2D eigenvalue weighted by atomic mass is 32.2. The zero-order chi connectivity index (χ0) is 24.7. The van der Waals surface area contributed by atoms with E-state index in [9.17, 15) is 14.4 Å². The fourth-order valence-corrected chi connectivity index (χ4v) is 7.00.